The number of aliphatic hydroxyl groups is 1. The van der Waals surface area contributed by atoms with Crippen LogP contribution < -0.4 is 4.72 Å². The minimum atomic E-state index is -3.46. The van der Waals surface area contributed by atoms with Crippen LogP contribution in [-0.2, 0) is 31.4 Å². The normalized spacial score (nSPS) is 18.8. The maximum absolute atomic E-state index is 13.3. The number of thioether (sulfide) groups is 1. The molecule has 3 N–H and O–H groups in total. The summed E-state index contributed by atoms with van der Waals surface area (Å²) in [5.74, 6) is -0.407. The van der Waals surface area contributed by atoms with Gasteiger partial charge in [0.05, 0.1) is 11.9 Å². The lowest BCUT2D eigenvalue weighted by Crippen LogP contribution is -2.44. The van der Waals surface area contributed by atoms with E-state index in [1.165, 1.54) is 0 Å². The molecule has 0 saturated carbocycles. The van der Waals surface area contributed by atoms with Crippen molar-refractivity contribution in [2.24, 2.45) is 5.92 Å². The van der Waals surface area contributed by atoms with E-state index in [0.29, 0.717) is 24.1 Å². The van der Waals surface area contributed by atoms with Gasteiger partial charge in [0.15, 0.2) is 0 Å². The molecule has 0 bridgehead atoms. The maximum Gasteiger partial charge on any atom is 0.349 e. The Morgan fingerprint density at radius 3 is 2.27 bits per heavy atom. The van der Waals surface area contributed by atoms with E-state index in [9.17, 15) is 23.4 Å². The minimum Gasteiger partial charge on any atom is -0.511 e. The van der Waals surface area contributed by atoms with E-state index in [1.807, 2.05) is 52.8 Å². The lowest BCUT2D eigenvalue weighted by atomic mass is 9.80. The Bertz CT molecular complexity index is 1310. The number of aliphatic hydroxyl groups excluding tert-OH is 1. The monoisotopic (exact) mass is 547 g/mol. The minimum absolute atomic E-state index is 0.00324. The molecular formula is C28H37NO6S2. The van der Waals surface area contributed by atoms with Crippen LogP contribution in [0.4, 0.5) is 5.69 Å². The maximum atomic E-state index is 13.3. The van der Waals surface area contributed by atoms with Gasteiger partial charge in [-0.1, -0.05) is 58.5 Å². The van der Waals surface area contributed by atoms with E-state index >= 15 is 0 Å². The summed E-state index contributed by atoms with van der Waals surface area (Å²) in [4.78, 5) is 14.2. The second-order valence-corrected chi connectivity index (χ2v) is 13.9. The van der Waals surface area contributed by atoms with Gasteiger partial charge in [-0.15, -0.1) is 0 Å². The molecule has 0 fully saturated rings. The number of aromatic hydroxyl groups is 1. The van der Waals surface area contributed by atoms with Crippen LogP contribution in [0.5, 0.6) is 5.75 Å². The predicted molar refractivity (Wildman–Crippen MR) is 149 cm³/mol. The van der Waals surface area contributed by atoms with Crippen molar-refractivity contribution in [2.45, 2.75) is 76.7 Å². The van der Waals surface area contributed by atoms with Crippen LogP contribution in [0.15, 0.2) is 52.0 Å². The number of carbonyl (C=O) groups is 1. The molecule has 0 spiro atoms. The number of benzene rings is 2. The average molecular weight is 548 g/mol. The molecule has 1 atom stereocenters. The van der Waals surface area contributed by atoms with Gasteiger partial charge in [0, 0.05) is 11.3 Å². The van der Waals surface area contributed by atoms with E-state index in [-0.39, 0.29) is 34.2 Å². The highest BCUT2D eigenvalue weighted by molar-refractivity contribution is 8.04. The van der Waals surface area contributed by atoms with Crippen molar-refractivity contribution in [3.8, 4) is 5.75 Å². The number of carbonyl (C=O) groups excluding carboxylic acids is 1. The van der Waals surface area contributed by atoms with E-state index in [4.69, 9.17) is 4.74 Å². The number of phenols is 1. The van der Waals surface area contributed by atoms with Crippen molar-refractivity contribution in [2.75, 3.05) is 11.0 Å². The summed E-state index contributed by atoms with van der Waals surface area (Å²) >= 11 is 1.15. The lowest BCUT2D eigenvalue weighted by Gasteiger charge is -2.40. The molecule has 3 rings (SSSR count). The number of nitrogens with one attached hydrogen (secondary N) is 1. The number of rotatable bonds is 8. The van der Waals surface area contributed by atoms with Gasteiger partial charge < -0.3 is 14.9 Å². The molecule has 1 unspecified atom stereocenters. The van der Waals surface area contributed by atoms with Crippen LogP contribution in [0.25, 0.3) is 0 Å². The fraction of sp³-hybridized carbons (Fsp3) is 0.464. The molecule has 0 aliphatic carbocycles. The Labute approximate surface area is 224 Å². The average Bonchev–Trinajstić information content (AvgIpc) is 2.75. The Kier molecular flexibility index (Phi) is 8.29. The second kappa shape index (κ2) is 10.6. The van der Waals surface area contributed by atoms with Crippen LogP contribution in [-0.4, -0.2) is 36.5 Å². The molecule has 1 aliphatic heterocycles. The first kappa shape index (κ1) is 28.9. The van der Waals surface area contributed by atoms with Gasteiger partial charge in [-0.3, -0.25) is 4.72 Å². The first-order valence-electron chi connectivity index (χ1n) is 12.2. The predicted octanol–water partition coefficient (Wildman–Crippen LogP) is 6.21. The molecule has 0 aromatic heterocycles. The van der Waals surface area contributed by atoms with Gasteiger partial charge in [-0.25, -0.2) is 13.2 Å². The van der Waals surface area contributed by atoms with Crippen molar-refractivity contribution in [1.82, 2.24) is 0 Å². The zero-order chi connectivity index (χ0) is 27.8. The largest absolute Gasteiger partial charge is 0.511 e. The number of aryl methyl sites for hydroxylation is 2. The second-order valence-electron chi connectivity index (χ2n) is 11.1. The number of cyclic esters (lactones) is 1. The van der Waals surface area contributed by atoms with Gasteiger partial charge in [0.1, 0.15) is 22.0 Å². The molecule has 0 radical (unpaired) electrons. The molecule has 9 heteroatoms. The van der Waals surface area contributed by atoms with E-state index in [0.717, 1.165) is 34.0 Å². The zero-order valence-electron chi connectivity index (χ0n) is 22.5. The Morgan fingerprint density at radius 1 is 1.14 bits per heavy atom. The van der Waals surface area contributed by atoms with Gasteiger partial charge in [0.2, 0.25) is 10.0 Å². The topological polar surface area (TPSA) is 113 Å². The Hall–Kier alpha value is -2.65. The molecular weight excluding hydrogens is 510 g/mol. The Morgan fingerprint density at radius 2 is 1.76 bits per heavy atom. The van der Waals surface area contributed by atoms with Crippen LogP contribution in [0.2, 0.25) is 0 Å². The quantitative estimate of drug-likeness (QED) is 0.337. The summed E-state index contributed by atoms with van der Waals surface area (Å²) < 4.78 is 32.3. The van der Waals surface area contributed by atoms with E-state index < -0.39 is 21.6 Å². The highest BCUT2D eigenvalue weighted by Crippen LogP contribution is 2.46. The smallest absolute Gasteiger partial charge is 0.349 e. The van der Waals surface area contributed by atoms with Crippen LogP contribution >= 0.6 is 11.8 Å². The van der Waals surface area contributed by atoms with E-state index in [2.05, 4.69) is 4.72 Å². The Balaban J connectivity index is 1.94. The highest BCUT2D eigenvalue weighted by atomic mass is 32.2. The summed E-state index contributed by atoms with van der Waals surface area (Å²) in [6.45, 7) is 11.8. The third-order valence-electron chi connectivity index (χ3n) is 6.68. The number of anilines is 1. The number of ether oxygens (including phenoxy) is 1. The fourth-order valence-electron chi connectivity index (χ4n) is 4.39. The fourth-order valence-corrected chi connectivity index (χ4v) is 6.25. The molecule has 7 nitrogen and oxygen atoms in total. The number of sulfonamides is 1. The highest BCUT2D eigenvalue weighted by Gasteiger charge is 2.44. The molecule has 2 aromatic rings. The first-order chi connectivity index (χ1) is 17.0. The van der Waals surface area contributed by atoms with Crippen molar-refractivity contribution >= 4 is 33.4 Å². The number of esters is 1. The number of hydrogen-bond acceptors (Lipinski definition) is 7. The number of phenolic OH excluding ortho intramolecular Hbond substituents is 1. The number of hydrogen-bond donors (Lipinski definition) is 3. The lowest BCUT2D eigenvalue weighted by molar-refractivity contribution is -0.164. The van der Waals surface area contributed by atoms with Crippen LogP contribution in [0.1, 0.15) is 64.2 Å². The molecule has 2 aromatic carbocycles. The van der Waals surface area contributed by atoms with Gasteiger partial charge in [-0.05, 0) is 72.1 Å². The van der Waals surface area contributed by atoms with Crippen LogP contribution in [0.3, 0.4) is 0 Å². The summed E-state index contributed by atoms with van der Waals surface area (Å²) in [6.07, 6.45) is 2.47. The van der Waals surface area contributed by atoms with Crippen molar-refractivity contribution in [1.29, 1.82) is 0 Å². The van der Waals surface area contributed by atoms with Crippen molar-refractivity contribution in [3.63, 3.8) is 0 Å². The summed E-state index contributed by atoms with van der Waals surface area (Å²) in [7, 11) is -3.46. The van der Waals surface area contributed by atoms with Crippen LogP contribution in [0, 0.1) is 12.8 Å². The molecule has 202 valence electrons. The molecule has 37 heavy (non-hydrogen) atoms. The summed E-state index contributed by atoms with van der Waals surface area (Å²) in [5, 5.41) is 20.7. The molecule has 1 heterocycles. The third kappa shape index (κ3) is 7.02. The first-order valence-corrected chi connectivity index (χ1v) is 15.0. The third-order valence-corrected chi connectivity index (χ3v) is 8.43. The standard InChI is InChI=1S/C28H37NO6S2/c1-17(2)28(13-12-19-8-10-20(30)11-9-19)16-23(31)25(26(32)35-28)36-24-14-18(3)22(29-37(7,33)34)15-21(24)27(4,5)6/h8-11,14-15,17,29-31H,12-13,16H2,1-7H3. The van der Waals surface area contributed by atoms with Gasteiger partial charge in [-0.2, -0.15) is 0 Å². The molecule has 0 saturated heterocycles. The van der Waals surface area contributed by atoms with Gasteiger partial charge in [0.25, 0.3) is 0 Å². The van der Waals surface area contributed by atoms with E-state index in [1.54, 1.807) is 25.1 Å². The SMILES string of the molecule is Cc1cc(SC2=C(O)CC(CCc3ccc(O)cc3)(C(C)C)OC2=O)c(C(C)(C)C)cc1NS(C)(=O)=O. The zero-order valence-corrected chi connectivity index (χ0v) is 24.1. The summed E-state index contributed by atoms with van der Waals surface area (Å²) in [5.41, 5.74) is 1.82. The molecule has 1 aliphatic rings. The molecule has 0 amide bonds. The van der Waals surface area contributed by atoms with Gasteiger partial charge >= 0.3 is 5.97 Å². The van der Waals surface area contributed by atoms with Crippen molar-refractivity contribution < 1.29 is 28.2 Å². The summed E-state index contributed by atoms with van der Waals surface area (Å²) in [6, 6.07) is 10.6. The van der Waals surface area contributed by atoms with Crippen molar-refractivity contribution in [3.05, 3.63) is 63.8 Å².